The predicted octanol–water partition coefficient (Wildman–Crippen LogP) is 1.78. The first kappa shape index (κ1) is 16.0. The van der Waals surface area contributed by atoms with Gasteiger partial charge in [0, 0.05) is 17.6 Å². The largest absolute Gasteiger partial charge is 0.396 e. The van der Waals surface area contributed by atoms with Crippen LogP contribution >= 0.6 is 11.8 Å². The minimum atomic E-state index is -0.236. The van der Waals surface area contributed by atoms with Gasteiger partial charge in [-0.25, -0.2) is 5.84 Å². The van der Waals surface area contributed by atoms with Crippen molar-refractivity contribution in [2.75, 3.05) is 6.61 Å². The third-order valence-corrected chi connectivity index (χ3v) is 4.39. The van der Waals surface area contributed by atoms with E-state index in [-0.39, 0.29) is 18.4 Å². The maximum atomic E-state index is 11.4. The van der Waals surface area contributed by atoms with E-state index in [0.29, 0.717) is 5.25 Å². The van der Waals surface area contributed by atoms with E-state index in [2.05, 4.69) is 12.3 Å². The van der Waals surface area contributed by atoms with Crippen molar-refractivity contribution in [3.63, 3.8) is 0 Å². The van der Waals surface area contributed by atoms with E-state index < -0.39 is 0 Å². The number of aliphatic hydroxyl groups is 1. The maximum Gasteiger partial charge on any atom is 0.241 e. The van der Waals surface area contributed by atoms with E-state index in [1.54, 1.807) is 0 Å². The third-order valence-electron chi connectivity index (χ3n) is 3.09. The van der Waals surface area contributed by atoms with Crippen LogP contribution in [0, 0.1) is 0 Å². The summed E-state index contributed by atoms with van der Waals surface area (Å²) < 4.78 is 0. The summed E-state index contributed by atoms with van der Waals surface area (Å²) in [6.45, 7) is 4.18. The highest BCUT2D eigenvalue weighted by molar-refractivity contribution is 7.99. The van der Waals surface area contributed by atoms with Crippen LogP contribution in [0.25, 0.3) is 0 Å². The third kappa shape index (κ3) is 5.22. The Bertz CT molecular complexity index is 395. The number of hydrogen-bond donors (Lipinski definition) is 3. The van der Waals surface area contributed by atoms with Gasteiger partial charge in [-0.05, 0) is 24.5 Å². The lowest BCUT2D eigenvalue weighted by Crippen LogP contribution is -2.33. The molecule has 4 N–H and O–H groups in total. The second-order valence-corrected chi connectivity index (χ2v) is 6.03. The second-order valence-electron chi connectivity index (χ2n) is 4.61. The Balaban J connectivity index is 2.54. The minimum absolute atomic E-state index is 0.182. The summed E-state index contributed by atoms with van der Waals surface area (Å²) in [4.78, 5) is 11.4. The Kier molecular flexibility index (Phi) is 6.91. The molecule has 0 aromatic heterocycles. The van der Waals surface area contributed by atoms with Gasteiger partial charge in [0.25, 0.3) is 0 Å². The summed E-state index contributed by atoms with van der Waals surface area (Å²) in [5.74, 6) is 5.62. The van der Waals surface area contributed by atoms with Crippen molar-refractivity contribution >= 4 is 17.7 Å². The molecule has 0 saturated heterocycles. The number of rotatable bonds is 7. The van der Waals surface area contributed by atoms with Crippen LogP contribution in [0.1, 0.15) is 37.3 Å². The quantitative estimate of drug-likeness (QED) is 0.405. The molecule has 0 spiro atoms. The van der Waals surface area contributed by atoms with E-state index in [1.807, 2.05) is 43.0 Å². The number of carbonyl (C=O) groups excluding carboxylic acids is 1. The Hall–Kier alpha value is -1.04. The lowest BCUT2D eigenvalue weighted by atomic mass is 9.99. The second kappa shape index (κ2) is 8.19. The summed E-state index contributed by atoms with van der Waals surface area (Å²) in [7, 11) is 0. The Morgan fingerprint density at radius 3 is 2.53 bits per heavy atom. The van der Waals surface area contributed by atoms with Crippen molar-refractivity contribution < 1.29 is 9.90 Å². The number of aliphatic hydroxyl groups excluding tert-OH is 1. The van der Waals surface area contributed by atoms with Crippen molar-refractivity contribution in [3.8, 4) is 0 Å². The molecule has 19 heavy (non-hydrogen) atoms. The Labute approximate surface area is 118 Å². The Morgan fingerprint density at radius 1 is 1.37 bits per heavy atom. The molecule has 0 heterocycles. The number of nitrogens with two attached hydrogens (primary N) is 1. The van der Waals surface area contributed by atoms with Gasteiger partial charge in [0.1, 0.15) is 0 Å². The average Bonchev–Trinajstić information content (AvgIpc) is 2.44. The van der Waals surface area contributed by atoms with Gasteiger partial charge in [-0.2, -0.15) is 11.8 Å². The highest BCUT2D eigenvalue weighted by Gasteiger charge is 2.13. The monoisotopic (exact) mass is 282 g/mol. The summed E-state index contributed by atoms with van der Waals surface area (Å²) in [5, 5.41) is 9.30. The number of amides is 1. The van der Waals surface area contributed by atoms with Crippen molar-refractivity contribution in [3.05, 3.63) is 35.4 Å². The molecule has 1 aromatic carbocycles. The van der Waals surface area contributed by atoms with Gasteiger partial charge in [-0.3, -0.25) is 10.2 Å². The summed E-state index contributed by atoms with van der Waals surface area (Å²) >= 11 is 1.82. The number of nitrogens with one attached hydrogen (secondary N) is 1. The zero-order valence-corrected chi connectivity index (χ0v) is 12.2. The molecule has 0 radical (unpaired) electrons. The highest BCUT2D eigenvalue weighted by atomic mass is 32.2. The number of hydrazine groups is 1. The number of benzene rings is 1. The fourth-order valence-electron chi connectivity index (χ4n) is 1.68. The van der Waals surface area contributed by atoms with E-state index in [0.717, 1.165) is 17.7 Å². The SMILES string of the molecule is CC(CCO)SCc1ccc(C(C)C(=O)NN)cc1. The van der Waals surface area contributed by atoms with Crippen LogP contribution in [0.5, 0.6) is 0 Å². The normalized spacial score (nSPS) is 13.9. The molecular weight excluding hydrogens is 260 g/mol. The average molecular weight is 282 g/mol. The van der Waals surface area contributed by atoms with E-state index >= 15 is 0 Å². The molecule has 0 bridgehead atoms. The zero-order chi connectivity index (χ0) is 14.3. The first-order chi connectivity index (χ1) is 9.08. The molecule has 2 atom stereocenters. The first-order valence-corrected chi connectivity index (χ1v) is 7.45. The van der Waals surface area contributed by atoms with Crippen LogP contribution in [-0.2, 0) is 10.5 Å². The van der Waals surface area contributed by atoms with Gasteiger partial charge in [-0.15, -0.1) is 0 Å². The van der Waals surface area contributed by atoms with Crippen LogP contribution in [-0.4, -0.2) is 22.9 Å². The van der Waals surface area contributed by atoms with Gasteiger partial charge in [0.2, 0.25) is 5.91 Å². The number of thioether (sulfide) groups is 1. The molecule has 2 unspecified atom stereocenters. The molecule has 0 aliphatic carbocycles. The maximum absolute atomic E-state index is 11.4. The van der Waals surface area contributed by atoms with Gasteiger partial charge in [-0.1, -0.05) is 31.2 Å². The van der Waals surface area contributed by atoms with Crippen LogP contribution < -0.4 is 11.3 Å². The van der Waals surface area contributed by atoms with Crippen LogP contribution in [0.3, 0.4) is 0 Å². The molecule has 1 amide bonds. The zero-order valence-electron chi connectivity index (χ0n) is 11.4. The van der Waals surface area contributed by atoms with Crippen molar-refractivity contribution in [1.82, 2.24) is 5.43 Å². The fraction of sp³-hybridized carbons (Fsp3) is 0.500. The van der Waals surface area contributed by atoms with Gasteiger partial charge in [0.05, 0.1) is 5.92 Å². The smallest absolute Gasteiger partial charge is 0.241 e. The summed E-state index contributed by atoms with van der Waals surface area (Å²) in [6.07, 6.45) is 0.816. The lowest BCUT2D eigenvalue weighted by Gasteiger charge is -2.12. The molecule has 4 nitrogen and oxygen atoms in total. The summed E-state index contributed by atoms with van der Waals surface area (Å²) in [5.41, 5.74) is 4.34. The number of hydrogen-bond acceptors (Lipinski definition) is 4. The van der Waals surface area contributed by atoms with Gasteiger partial charge in [0.15, 0.2) is 0 Å². The number of carbonyl (C=O) groups is 1. The molecule has 0 saturated carbocycles. The lowest BCUT2D eigenvalue weighted by molar-refractivity contribution is -0.122. The molecule has 5 heteroatoms. The predicted molar refractivity (Wildman–Crippen MR) is 79.6 cm³/mol. The van der Waals surface area contributed by atoms with Gasteiger partial charge >= 0.3 is 0 Å². The van der Waals surface area contributed by atoms with Crippen LogP contribution in [0.15, 0.2) is 24.3 Å². The van der Waals surface area contributed by atoms with Crippen molar-refractivity contribution in [1.29, 1.82) is 0 Å². The van der Waals surface area contributed by atoms with E-state index in [1.165, 1.54) is 5.56 Å². The first-order valence-electron chi connectivity index (χ1n) is 6.40. The topological polar surface area (TPSA) is 75.3 Å². The standard InChI is InChI=1S/C14H22N2O2S/c1-10(7-8-17)19-9-12-3-5-13(6-4-12)11(2)14(18)16-15/h3-6,10-11,17H,7-9,15H2,1-2H3,(H,16,18). The molecular formula is C14H22N2O2S. The van der Waals surface area contributed by atoms with Crippen LogP contribution in [0.4, 0.5) is 0 Å². The van der Waals surface area contributed by atoms with Crippen molar-refractivity contribution in [2.45, 2.75) is 37.2 Å². The molecule has 1 aromatic rings. The Morgan fingerprint density at radius 2 is 2.00 bits per heavy atom. The van der Waals surface area contributed by atoms with Gasteiger partial charge < -0.3 is 5.11 Å². The summed E-state index contributed by atoms with van der Waals surface area (Å²) in [6, 6.07) is 8.00. The molecule has 1 rings (SSSR count). The molecule has 0 aliphatic rings. The van der Waals surface area contributed by atoms with E-state index in [9.17, 15) is 4.79 Å². The van der Waals surface area contributed by atoms with Crippen LogP contribution in [0.2, 0.25) is 0 Å². The minimum Gasteiger partial charge on any atom is -0.396 e. The fourth-order valence-corrected chi connectivity index (χ4v) is 2.62. The van der Waals surface area contributed by atoms with E-state index in [4.69, 9.17) is 10.9 Å². The molecule has 106 valence electrons. The molecule has 0 aliphatic heterocycles. The van der Waals surface area contributed by atoms with Crippen molar-refractivity contribution in [2.24, 2.45) is 5.84 Å². The molecule has 0 fully saturated rings. The highest BCUT2D eigenvalue weighted by Crippen LogP contribution is 2.22.